The number of amides is 1. The summed E-state index contributed by atoms with van der Waals surface area (Å²) >= 11 is 0. The minimum absolute atomic E-state index is 0.0445. The van der Waals surface area contributed by atoms with E-state index in [0.717, 1.165) is 5.56 Å². The van der Waals surface area contributed by atoms with Gasteiger partial charge in [-0.25, -0.2) is 13.1 Å². The maximum absolute atomic E-state index is 12.8. The lowest BCUT2D eigenvalue weighted by Crippen LogP contribution is -2.32. The molecule has 1 atom stereocenters. The van der Waals surface area contributed by atoms with Crippen molar-refractivity contribution < 1.29 is 22.7 Å². The first-order chi connectivity index (χ1) is 13.3. The Bertz CT molecular complexity index is 972. The van der Waals surface area contributed by atoms with Crippen LogP contribution in [0.3, 0.4) is 0 Å². The zero-order chi connectivity index (χ0) is 20.3. The fourth-order valence-corrected chi connectivity index (χ4v) is 3.81. The van der Waals surface area contributed by atoms with Crippen LogP contribution in [0.2, 0.25) is 0 Å². The van der Waals surface area contributed by atoms with Crippen molar-refractivity contribution in [2.75, 3.05) is 20.3 Å². The third-order valence-electron chi connectivity index (χ3n) is 4.55. The standard InChI is InChI=1S/C20H24N2O5S/c1-13(2)19(14-7-8-17-18(12-14)27-10-9-26-17)22-20(23)15-5-4-6-16(11-15)28(24,25)21-3/h4-8,11-13,19,21H,9-10H2,1-3H3,(H,22,23)/t19-/m0/s1. The molecule has 0 aliphatic carbocycles. The molecular weight excluding hydrogens is 380 g/mol. The Morgan fingerprint density at radius 2 is 1.75 bits per heavy atom. The first-order valence-electron chi connectivity index (χ1n) is 9.06. The molecule has 0 spiro atoms. The van der Waals surface area contributed by atoms with E-state index in [1.54, 1.807) is 12.1 Å². The van der Waals surface area contributed by atoms with E-state index >= 15 is 0 Å². The van der Waals surface area contributed by atoms with E-state index < -0.39 is 10.0 Å². The zero-order valence-corrected chi connectivity index (χ0v) is 16.9. The van der Waals surface area contributed by atoms with Crippen LogP contribution in [-0.2, 0) is 10.0 Å². The van der Waals surface area contributed by atoms with Gasteiger partial charge in [-0.15, -0.1) is 0 Å². The maximum atomic E-state index is 12.8. The van der Waals surface area contributed by atoms with E-state index in [9.17, 15) is 13.2 Å². The highest BCUT2D eigenvalue weighted by Crippen LogP contribution is 2.34. The summed E-state index contributed by atoms with van der Waals surface area (Å²) in [6.45, 7) is 5.01. The first kappa shape index (κ1) is 20.2. The Morgan fingerprint density at radius 3 is 2.43 bits per heavy atom. The van der Waals surface area contributed by atoms with Crippen LogP contribution in [-0.4, -0.2) is 34.6 Å². The molecule has 1 aliphatic heterocycles. The number of hydrogen-bond acceptors (Lipinski definition) is 5. The molecule has 1 aliphatic rings. The number of ether oxygens (including phenoxy) is 2. The molecule has 0 saturated heterocycles. The van der Waals surface area contributed by atoms with Crippen LogP contribution in [0.1, 0.15) is 35.8 Å². The van der Waals surface area contributed by atoms with Crippen LogP contribution in [0.5, 0.6) is 11.5 Å². The maximum Gasteiger partial charge on any atom is 0.251 e. The average Bonchev–Trinajstić information content (AvgIpc) is 2.71. The lowest BCUT2D eigenvalue weighted by Gasteiger charge is -2.25. The summed E-state index contributed by atoms with van der Waals surface area (Å²) in [5, 5.41) is 3.00. The highest BCUT2D eigenvalue weighted by atomic mass is 32.2. The summed E-state index contributed by atoms with van der Waals surface area (Å²) in [5.41, 5.74) is 1.17. The number of carbonyl (C=O) groups excluding carboxylic acids is 1. The Morgan fingerprint density at radius 1 is 1.04 bits per heavy atom. The highest BCUT2D eigenvalue weighted by molar-refractivity contribution is 7.89. The molecule has 0 bridgehead atoms. The van der Waals surface area contributed by atoms with Crippen molar-refractivity contribution in [3.05, 3.63) is 53.6 Å². The normalized spacial score (nSPS) is 14.6. The number of fused-ring (bicyclic) bond motifs is 1. The summed E-state index contributed by atoms with van der Waals surface area (Å²) in [5.74, 6) is 1.11. The van der Waals surface area contributed by atoms with Gasteiger partial charge in [-0.1, -0.05) is 26.0 Å². The molecule has 1 amide bonds. The summed E-state index contributed by atoms with van der Waals surface area (Å²) < 4.78 is 37.4. The quantitative estimate of drug-likeness (QED) is 0.772. The molecule has 28 heavy (non-hydrogen) atoms. The second-order valence-corrected chi connectivity index (χ2v) is 8.72. The molecular formula is C20H24N2O5S. The molecule has 150 valence electrons. The third-order valence-corrected chi connectivity index (χ3v) is 5.97. The Hall–Kier alpha value is -2.58. The van der Waals surface area contributed by atoms with Gasteiger partial charge in [0.1, 0.15) is 13.2 Å². The van der Waals surface area contributed by atoms with E-state index in [4.69, 9.17) is 9.47 Å². The number of carbonyl (C=O) groups is 1. The third kappa shape index (κ3) is 4.28. The van der Waals surface area contributed by atoms with Crippen molar-refractivity contribution in [3.63, 3.8) is 0 Å². The van der Waals surface area contributed by atoms with Gasteiger partial charge in [0, 0.05) is 5.56 Å². The second kappa shape index (κ2) is 8.20. The average molecular weight is 404 g/mol. The van der Waals surface area contributed by atoms with Gasteiger partial charge in [0.15, 0.2) is 11.5 Å². The van der Waals surface area contributed by atoms with E-state index in [1.807, 2.05) is 32.0 Å². The van der Waals surface area contributed by atoms with Gasteiger partial charge < -0.3 is 14.8 Å². The fourth-order valence-electron chi connectivity index (χ4n) is 3.04. The van der Waals surface area contributed by atoms with E-state index in [2.05, 4.69) is 10.0 Å². The number of sulfonamides is 1. The summed E-state index contributed by atoms with van der Waals surface area (Å²) in [6.07, 6.45) is 0. The van der Waals surface area contributed by atoms with Crippen LogP contribution in [0.25, 0.3) is 0 Å². The Kier molecular flexibility index (Phi) is 5.90. The monoisotopic (exact) mass is 404 g/mol. The van der Waals surface area contributed by atoms with Crippen molar-refractivity contribution in [2.24, 2.45) is 5.92 Å². The van der Waals surface area contributed by atoms with Crippen LogP contribution >= 0.6 is 0 Å². The van der Waals surface area contributed by atoms with E-state index in [-0.39, 0.29) is 28.3 Å². The first-order valence-corrected chi connectivity index (χ1v) is 10.5. The Balaban J connectivity index is 1.85. The number of rotatable bonds is 6. The molecule has 8 heteroatoms. The van der Waals surface area contributed by atoms with E-state index in [0.29, 0.717) is 24.7 Å². The molecule has 0 fully saturated rings. The van der Waals surface area contributed by atoms with Gasteiger partial charge >= 0.3 is 0 Å². The summed E-state index contributed by atoms with van der Waals surface area (Å²) in [7, 11) is -2.29. The second-order valence-electron chi connectivity index (χ2n) is 6.83. The molecule has 0 unspecified atom stereocenters. The lowest BCUT2D eigenvalue weighted by atomic mass is 9.95. The molecule has 7 nitrogen and oxygen atoms in total. The van der Waals surface area contributed by atoms with Crippen molar-refractivity contribution in [3.8, 4) is 11.5 Å². The van der Waals surface area contributed by atoms with E-state index in [1.165, 1.54) is 19.2 Å². The van der Waals surface area contributed by atoms with Crippen molar-refractivity contribution in [2.45, 2.75) is 24.8 Å². The molecule has 2 aromatic rings. The molecule has 0 aromatic heterocycles. The number of hydrogen-bond donors (Lipinski definition) is 2. The lowest BCUT2D eigenvalue weighted by molar-refractivity contribution is 0.0925. The van der Waals surface area contributed by atoms with Crippen LogP contribution in [0.15, 0.2) is 47.4 Å². The molecule has 0 radical (unpaired) electrons. The SMILES string of the molecule is CNS(=O)(=O)c1cccc(C(=O)N[C@H](c2ccc3c(c2)OCCO3)C(C)C)c1. The van der Waals surface area contributed by atoms with Gasteiger partial charge in [0.25, 0.3) is 5.91 Å². The van der Waals surface area contributed by atoms with Crippen LogP contribution < -0.4 is 19.5 Å². The van der Waals surface area contributed by atoms with Crippen molar-refractivity contribution in [1.82, 2.24) is 10.0 Å². The minimum Gasteiger partial charge on any atom is -0.486 e. The number of benzene rings is 2. The van der Waals surface area contributed by atoms with Crippen LogP contribution in [0, 0.1) is 5.92 Å². The molecule has 1 heterocycles. The van der Waals surface area contributed by atoms with Crippen molar-refractivity contribution >= 4 is 15.9 Å². The summed E-state index contributed by atoms with van der Waals surface area (Å²) in [4.78, 5) is 12.9. The largest absolute Gasteiger partial charge is 0.486 e. The van der Waals surface area contributed by atoms with Gasteiger partial charge in [-0.2, -0.15) is 0 Å². The van der Waals surface area contributed by atoms with Gasteiger partial charge in [0.2, 0.25) is 10.0 Å². The molecule has 2 aromatic carbocycles. The topological polar surface area (TPSA) is 93.7 Å². The highest BCUT2D eigenvalue weighted by Gasteiger charge is 2.23. The Labute approximate surface area is 165 Å². The van der Waals surface area contributed by atoms with Gasteiger partial charge in [0.05, 0.1) is 10.9 Å². The predicted molar refractivity (Wildman–Crippen MR) is 105 cm³/mol. The molecule has 3 rings (SSSR count). The predicted octanol–water partition coefficient (Wildman–Crippen LogP) is 2.49. The van der Waals surface area contributed by atoms with Gasteiger partial charge in [-0.3, -0.25) is 4.79 Å². The minimum atomic E-state index is -3.62. The molecule has 2 N–H and O–H groups in total. The smallest absolute Gasteiger partial charge is 0.251 e. The van der Waals surface area contributed by atoms with Crippen molar-refractivity contribution in [1.29, 1.82) is 0 Å². The molecule has 0 saturated carbocycles. The zero-order valence-electron chi connectivity index (χ0n) is 16.1. The number of nitrogens with one attached hydrogen (secondary N) is 2. The summed E-state index contributed by atoms with van der Waals surface area (Å²) in [6, 6.07) is 11.3. The fraction of sp³-hybridized carbons (Fsp3) is 0.350. The van der Waals surface area contributed by atoms with Crippen LogP contribution in [0.4, 0.5) is 0 Å². The van der Waals surface area contributed by atoms with Gasteiger partial charge in [-0.05, 0) is 48.9 Å².